The van der Waals surface area contributed by atoms with Gasteiger partial charge in [0.25, 0.3) is 0 Å². The van der Waals surface area contributed by atoms with Crippen LogP contribution in [0.4, 0.5) is 0 Å². The van der Waals surface area contributed by atoms with Crippen LogP contribution >= 0.6 is 0 Å². The van der Waals surface area contributed by atoms with E-state index in [4.69, 9.17) is 0 Å². The fourth-order valence-corrected chi connectivity index (χ4v) is 4.06. The van der Waals surface area contributed by atoms with Gasteiger partial charge >= 0.3 is 0 Å². The van der Waals surface area contributed by atoms with Crippen molar-refractivity contribution in [1.29, 1.82) is 0 Å². The molecule has 0 unspecified atom stereocenters. The molecule has 4 aromatic heterocycles. The summed E-state index contributed by atoms with van der Waals surface area (Å²) < 4.78 is 4.26. The third kappa shape index (κ3) is 4.70. The Hall–Kier alpha value is -4.18. The van der Waals surface area contributed by atoms with E-state index in [0.717, 1.165) is 23.5 Å². The lowest BCUT2D eigenvalue weighted by Crippen LogP contribution is -2.33. The Morgan fingerprint density at radius 1 is 0.667 bits per heavy atom. The maximum Gasteiger partial charge on any atom is 0.173 e. The number of hydrogen-bond acceptors (Lipinski definition) is 2. The Morgan fingerprint density at radius 3 is 2.09 bits per heavy atom. The normalized spacial score (nSPS) is 10.8. The van der Waals surface area contributed by atoms with E-state index >= 15 is 0 Å². The van der Waals surface area contributed by atoms with Crippen molar-refractivity contribution in [2.24, 2.45) is 7.05 Å². The van der Waals surface area contributed by atoms with Crippen molar-refractivity contribution in [2.75, 3.05) is 0 Å². The third-order valence-electron chi connectivity index (χ3n) is 5.86. The van der Waals surface area contributed by atoms with Crippen molar-refractivity contribution in [2.45, 2.75) is 13.5 Å². The Bertz CT molecular complexity index is 1380. The van der Waals surface area contributed by atoms with Gasteiger partial charge in [-0.2, -0.15) is 0 Å². The predicted octanol–water partition coefficient (Wildman–Crippen LogP) is 4.95. The highest BCUT2D eigenvalue weighted by atomic mass is 14.9. The van der Waals surface area contributed by atoms with Crippen molar-refractivity contribution in [3.8, 4) is 33.6 Å². The summed E-state index contributed by atoms with van der Waals surface area (Å²) in [4.78, 5) is 8.93. The molecule has 0 bridgehead atoms. The second-order valence-electron chi connectivity index (χ2n) is 8.31. The van der Waals surface area contributed by atoms with Crippen LogP contribution in [0.25, 0.3) is 33.6 Å². The highest BCUT2D eigenvalue weighted by Gasteiger charge is 2.10. The molecule has 4 heterocycles. The smallest absolute Gasteiger partial charge is 0.173 e. The summed E-state index contributed by atoms with van der Waals surface area (Å²) >= 11 is 0. The molecule has 0 radical (unpaired) electrons. The fraction of sp³-hybridized carbons (Fsp3) is 0.103. The van der Waals surface area contributed by atoms with Crippen LogP contribution in [0.3, 0.4) is 0 Å². The molecule has 0 saturated carbocycles. The number of rotatable bonds is 5. The Labute approximate surface area is 194 Å². The average Bonchev–Trinajstić information content (AvgIpc) is 2.86. The summed E-state index contributed by atoms with van der Waals surface area (Å²) in [5.74, 6) is 0. The van der Waals surface area contributed by atoms with Crippen molar-refractivity contribution < 1.29 is 9.13 Å². The summed E-state index contributed by atoms with van der Waals surface area (Å²) in [6.45, 7) is 3.00. The molecule has 5 rings (SSSR count). The first-order valence-electron chi connectivity index (χ1n) is 11.1. The topological polar surface area (TPSA) is 33.5 Å². The molecule has 0 saturated heterocycles. The summed E-state index contributed by atoms with van der Waals surface area (Å²) in [6.07, 6.45) is 12.1. The highest BCUT2D eigenvalue weighted by Crippen LogP contribution is 2.27. The van der Waals surface area contributed by atoms with Gasteiger partial charge in [0.05, 0.1) is 11.4 Å². The van der Waals surface area contributed by atoms with E-state index in [-0.39, 0.29) is 0 Å². The molecular weight excluding hydrogens is 404 g/mol. The summed E-state index contributed by atoms with van der Waals surface area (Å²) in [7, 11) is 2.03. The molecule has 1 aromatic carbocycles. The van der Waals surface area contributed by atoms with Crippen LogP contribution in [0, 0.1) is 6.92 Å². The van der Waals surface area contributed by atoms with E-state index in [9.17, 15) is 0 Å². The zero-order valence-electron chi connectivity index (χ0n) is 18.9. The third-order valence-corrected chi connectivity index (χ3v) is 5.86. The van der Waals surface area contributed by atoms with Gasteiger partial charge < -0.3 is 0 Å². The molecule has 0 N–H and O–H groups in total. The lowest BCUT2D eigenvalue weighted by atomic mass is 9.98. The van der Waals surface area contributed by atoms with Crippen LogP contribution in [0.1, 0.15) is 11.1 Å². The minimum atomic E-state index is 0.834. The monoisotopic (exact) mass is 430 g/mol. The van der Waals surface area contributed by atoms with E-state index < -0.39 is 0 Å². The number of aromatic nitrogens is 4. The predicted molar refractivity (Wildman–Crippen MR) is 130 cm³/mol. The number of pyridine rings is 4. The first-order chi connectivity index (χ1) is 16.2. The van der Waals surface area contributed by atoms with Gasteiger partial charge in [-0.1, -0.05) is 18.2 Å². The number of hydrogen-bond donors (Lipinski definition) is 0. The lowest BCUT2D eigenvalue weighted by Gasteiger charge is -2.09. The van der Waals surface area contributed by atoms with Crippen molar-refractivity contribution in [3.05, 3.63) is 121 Å². The molecule has 4 heteroatoms. The molecule has 0 atom stereocenters. The van der Waals surface area contributed by atoms with E-state index in [1.165, 1.54) is 27.8 Å². The lowest BCUT2D eigenvalue weighted by molar-refractivity contribution is -0.688. The molecule has 0 amide bonds. The molecular formula is C29H26N4+2. The molecule has 0 aliphatic carbocycles. The van der Waals surface area contributed by atoms with Crippen LogP contribution in [0.15, 0.2) is 110 Å². The fourth-order valence-electron chi connectivity index (χ4n) is 4.06. The molecule has 0 aliphatic rings. The van der Waals surface area contributed by atoms with Gasteiger partial charge in [-0.15, -0.1) is 0 Å². The van der Waals surface area contributed by atoms with E-state index in [0.29, 0.717) is 0 Å². The Kier molecular flexibility index (Phi) is 5.73. The van der Waals surface area contributed by atoms with E-state index in [2.05, 4.69) is 101 Å². The molecule has 0 spiro atoms. The molecule has 0 aliphatic heterocycles. The molecule has 160 valence electrons. The largest absolute Gasteiger partial charge is 0.255 e. The van der Waals surface area contributed by atoms with Crippen LogP contribution in [0.5, 0.6) is 0 Å². The maximum absolute atomic E-state index is 4.50. The van der Waals surface area contributed by atoms with E-state index in [1.807, 2.05) is 36.0 Å². The minimum Gasteiger partial charge on any atom is -0.255 e. The Morgan fingerprint density at radius 2 is 1.39 bits per heavy atom. The van der Waals surface area contributed by atoms with Crippen molar-refractivity contribution in [3.63, 3.8) is 0 Å². The average molecular weight is 431 g/mol. The van der Waals surface area contributed by atoms with Gasteiger partial charge in [0.1, 0.15) is 7.05 Å². The van der Waals surface area contributed by atoms with Crippen molar-refractivity contribution in [1.82, 2.24) is 9.97 Å². The van der Waals surface area contributed by atoms with Gasteiger partial charge in [-0.25, -0.2) is 9.13 Å². The van der Waals surface area contributed by atoms with Crippen LogP contribution in [-0.4, -0.2) is 9.97 Å². The van der Waals surface area contributed by atoms with Gasteiger partial charge in [0.15, 0.2) is 31.3 Å². The summed E-state index contributed by atoms with van der Waals surface area (Å²) in [5, 5.41) is 0. The molecule has 0 fully saturated rings. The number of benzene rings is 1. The quantitative estimate of drug-likeness (QED) is 0.370. The first kappa shape index (κ1) is 20.7. The van der Waals surface area contributed by atoms with Crippen LogP contribution < -0.4 is 9.13 Å². The van der Waals surface area contributed by atoms with Crippen LogP contribution in [-0.2, 0) is 13.6 Å². The SMILES string of the molecule is Cc1cc(C[n+]2ccc(-c3cc[n+](C)cc3)cc2)ccc1-c1ccnc(-c2ccccn2)c1. The maximum atomic E-state index is 4.50. The molecule has 5 aromatic rings. The van der Waals surface area contributed by atoms with Gasteiger partial charge in [-0.05, 0) is 65.1 Å². The zero-order valence-corrected chi connectivity index (χ0v) is 18.9. The molecule has 4 nitrogen and oxygen atoms in total. The van der Waals surface area contributed by atoms with Gasteiger partial charge in [-0.3, -0.25) is 9.97 Å². The Balaban J connectivity index is 1.35. The minimum absolute atomic E-state index is 0.834. The van der Waals surface area contributed by atoms with Gasteiger partial charge in [0, 0.05) is 42.2 Å². The van der Waals surface area contributed by atoms with Crippen molar-refractivity contribution >= 4 is 0 Å². The first-order valence-corrected chi connectivity index (χ1v) is 11.1. The second-order valence-corrected chi connectivity index (χ2v) is 8.31. The summed E-state index contributed by atoms with van der Waals surface area (Å²) in [6, 6.07) is 25.4. The molecule has 33 heavy (non-hydrogen) atoms. The number of aryl methyl sites for hydroxylation is 2. The standard InChI is InChI=1S/C29H26N4/c1-22-19-23(21-33-17-11-25(12-18-33)24-9-15-32(2)16-10-24)6-7-27(22)26-8-14-31-29(20-26)28-5-3-4-13-30-28/h3-20H,21H2,1-2H3/q+2. The van der Waals surface area contributed by atoms with Gasteiger partial charge in [0.2, 0.25) is 0 Å². The highest BCUT2D eigenvalue weighted by molar-refractivity contribution is 5.71. The van der Waals surface area contributed by atoms with Crippen LogP contribution in [0.2, 0.25) is 0 Å². The zero-order chi connectivity index (χ0) is 22.6. The second kappa shape index (κ2) is 9.13. The summed E-state index contributed by atoms with van der Waals surface area (Å²) in [5.41, 5.74) is 9.12. The number of nitrogens with zero attached hydrogens (tertiary/aromatic N) is 4. The van der Waals surface area contributed by atoms with E-state index in [1.54, 1.807) is 6.20 Å².